The number of amides is 1. The van der Waals surface area contributed by atoms with E-state index in [0.29, 0.717) is 5.02 Å². The van der Waals surface area contributed by atoms with E-state index in [-0.39, 0.29) is 11.9 Å². The number of quaternary nitrogens is 1. The van der Waals surface area contributed by atoms with E-state index in [1.165, 1.54) is 4.88 Å². The molecule has 0 fully saturated rings. The molecule has 106 valence electrons. The van der Waals surface area contributed by atoms with Crippen molar-refractivity contribution in [2.24, 2.45) is 0 Å². The molecule has 2 aromatic rings. The molecule has 0 aliphatic rings. The van der Waals surface area contributed by atoms with Crippen molar-refractivity contribution in [3.63, 3.8) is 0 Å². The average Bonchev–Trinajstić information content (AvgIpc) is 2.90. The number of hydrogen-bond acceptors (Lipinski definition) is 2. The second-order valence-electron chi connectivity index (χ2n) is 4.82. The maximum atomic E-state index is 12.2. The molecular weight excluding hydrogens is 292 g/mol. The fourth-order valence-electron chi connectivity index (χ4n) is 1.88. The lowest BCUT2D eigenvalue weighted by Crippen LogP contribution is -3.12. The van der Waals surface area contributed by atoms with Gasteiger partial charge < -0.3 is 10.2 Å². The van der Waals surface area contributed by atoms with Crippen molar-refractivity contribution in [2.45, 2.75) is 19.5 Å². The van der Waals surface area contributed by atoms with Crippen LogP contribution in [0.4, 0.5) is 5.69 Å². The van der Waals surface area contributed by atoms with Crippen LogP contribution in [0.5, 0.6) is 0 Å². The quantitative estimate of drug-likeness (QED) is 0.874. The number of rotatable bonds is 5. The molecular formula is C15H18ClN2OS+. The Morgan fingerprint density at radius 3 is 2.85 bits per heavy atom. The molecule has 0 saturated carbocycles. The van der Waals surface area contributed by atoms with Crippen LogP contribution >= 0.6 is 22.9 Å². The van der Waals surface area contributed by atoms with Gasteiger partial charge in [0.25, 0.3) is 5.91 Å². The van der Waals surface area contributed by atoms with Gasteiger partial charge in [-0.1, -0.05) is 23.7 Å². The summed E-state index contributed by atoms with van der Waals surface area (Å²) >= 11 is 7.63. The lowest BCUT2D eigenvalue weighted by molar-refractivity contribution is -0.907. The van der Waals surface area contributed by atoms with Crippen molar-refractivity contribution >= 4 is 34.5 Å². The van der Waals surface area contributed by atoms with Crippen LogP contribution in [0.2, 0.25) is 5.02 Å². The molecule has 2 rings (SSSR count). The van der Waals surface area contributed by atoms with E-state index in [2.05, 4.69) is 16.8 Å². The minimum absolute atomic E-state index is 0.00122. The zero-order valence-electron chi connectivity index (χ0n) is 11.5. The Labute approximate surface area is 128 Å². The summed E-state index contributed by atoms with van der Waals surface area (Å²) in [5.74, 6) is 0.00122. The number of likely N-dealkylation sites (N-methyl/N-ethyl adjacent to an activating group) is 1. The first-order chi connectivity index (χ1) is 9.56. The summed E-state index contributed by atoms with van der Waals surface area (Å²) in [6.45, 7) is 2.78. The van der Waals surface area contributed by atoms with Gasteiger partial charge in [-0.15, -0.1) is 11.3 Å². The highest BCUT2D eigenvalue weighted by molar-refractivity contribution is 7.09. The van der Waals surface area contributed by atoms with Crippen LogP contribution in [-0.4, -0.2) is 19.0 Å². The summed E-state index contributed by atoms with van der Waals surface area (Å²) in [5, 5.41) is 5.58. The molecule has 0 aliphatic carbocycles. The second-order valence-corrected chi connectivity index (χ2v) is 6.29. The number of halogens is 1. The van der Waals surface area contributed by atoms with Crippen molar-refractivity contribution in [1.29, 1.82) is 0 Å². The molecule has 1 heterocycles. The predicted molar refractivity (Wildman–Crippen MR) is 84.5 cm³/mol. The Bertz CT molecular complexity index is 571. The molecule has 3 nitrogen and oxygen atoms in total. The van der Waals surface area contributed by atoms with E-state index in [4.69, 9.17) is 11.6 Å². The van der Waals surface area contributed by atoms with E-state index in [1.807, 2.05) is 32.2 Å². The van der Waals surface area contributed by atoms with Gasteiger partial charge in [0.15, 0.2) is 6.04 Å². The maximum absolute atomic E-state index is 12.2. The molecule has 5 heteroatoms. The van der Waals surface area contributed by atoms with Crippen LogP contribution in [0.3, 0.4) is 0 Å². The summed E-state index contributed by atoms with van der Waals surface area (Å²) in [6, 6.07) is 11.2. The SMILES string of the molecule is C[C@@H](C(=O)Nc1cccc(Cl)c1)[NH+](C)Cc1cccs1. The number of thiophene rings is 1. The van der Waals surface area contributed by atoms with Gasteiger partial charge in [-0.05, 0) is 36.6 Å². The zero-order valence-corrected chi connectivity index (χ0v) is 13.1. The maximum Gasteiger partial charge on any atom is 0.282 e. The molecule has 20 heavy (non-hydrogen) atoms. The van der Waals surface area contributed by atoms with Crippen molar-refractivity contribution in [2.75, 3.05) is 12.4 Å². The van der Waals surface area contributed by atoms with E-state index < -0.39 is 0 Å². The topological polar surface area (TPSA) is 33.5 Å². The highest BCUT2D eigenvalue weighted by atomic mass is 35.5. The van der Waals surface area contributed by atoms with Gasteiger partial charge in [0.1, 0.15) is 6.54 Å². The molecule has 0 bridgehead atoms. The van der Waals surface area contributed by atoms with Gasteiger partial charge >= 0.3 is 0 Å². The molecule has 2 N–H and O–H groups in total. The Morgan fingerprint density at radius 2 is 2.20 bits per heavy atom. The predicted octanol–water partition coefficient (Wildman–Crippen LogP) is 2.44. The minimum Gasteiger partial charge on any atom is -0.323 e. The van der Waals surface area contributed by atoms with Gasteiger partial charge in [-0.2, -0.15) is 0 Å². The van der Waals surface area contributed by atoms with E-state index in [0.717, 1.165) is 17.1 Å². The Hall–Kier alpha value is -1.36. The summed E-state index contributed by atoms with van der Waals surface area (Å²) in [6.07, 6.45) is 0. The fraction of sp³-hybridized carbons (Fsp3) is 0.267. The van der Waals surface area contributed by atoms with Gasteiger partial charge in [0, 0.05) is 10.7 Å². The number of hydrogen-bond donors (Lipinski definition) is 2. The van der Waals surface area contributed by atoms with Crippen LogP contribution in [0.15, 0.2) is 41.8 Å². The van der Waals surface area contributed by atoms with E-state index >= 15 is 0 Å². The zero-order chi connectivity index (χ0) is 14.5. The summed E-state index contributed by atoms with van der Waals surface area (Å²) in [4.78, 5) is 14.7. The van der Waals surface area contributed by atoms with Crippen LogP contribution in [0.25, 0.3) is 0 Å². The lowest BCUT2D eigenvalue weighted by atomic mass is 10.2. The molecule has 0 saturated heterocycles. The number of nitrogens with one attached hydrogen (secondary N) is 2. The normalized spacial score (nSPS) is 13.8. The largest absolute Gasteiger partial charge is 0.323 e. The molecule has 1 aromatic heterocycles. The number of anilines is 1. The summed E-state index contributed by atoms with van der Waals surface area (Å²) in [5.41, 5.74) is 0.735. The third-order valence-electron chi connectivity index (χ3n) is 3.26. The van der Waals surface area contributed by atoms with Crippen molar-refractivity contribution in [1.82, 2.24) is 0 Å². The summed E-state index contributed by atoms with van der Waals surface area (Å²) < 4.78 is 0. The number of carbonyl (C=O) groups is 1. The van der Waals surface area contributed by atoms with Gasteiger partial charge in [-0.25, -0.2) is 0 Å². The van der Waals surface area contributed by atoms with Gasteiger partial charge in [0.2, 0.25) is 0 Å². The average molecular weight is 310 g/mol. The van der Waals surface area contributed by atoms with E-state index in [9.17, 15) is 4.79 Å². The Balaban J connectivity index is 1.94. The fourth-order valence-corrected chi connectivity index (χ4v) is 2.87. The van der Waals surface area contributed by atoms with Crippen LogP contribution in [0, 0.1) is 0 Å². The van der Waals surface area contributed by atoms with Crippen LogP contribution in [-0.2, 0) is 11.3 Å². The molecule has 0 aliphatic heterocycles. The second kappa shape index (κ2) is 6.88. The third-order valence-corrected chi connectivity index (χ3v) is 4.37. The third kappa shape index (κ3) is 4.07. The Kier molecular flexibility index (Phi) is 5.17. The number of benzene rings is 1. The molecule has 0 spiro atoms. The smallest absolute Gasteiger partial charge is 0.282 e. The minimum atomic E-state index is -0.129. The molecule has 1 aromatic carbocycles. The highest BCUT2D eigenvalue weighted by Crippen LogP contribution is 2.14. The van der Waals surface area contributed by atoms with Crippen molar-refractivity contribution < 1.29 is 9.69 Å². The van der Waals surface area contributed by atoms with Gasteiger partial charge in [-0.3, -0.25) is 4.79 Å². The van der Waals surface area contributed by atoms with Crippen molar-refractivity contribution in [3.8, 4) is 0 Å². The monoisotopic (exact) mass is 309 g/mol. The van der Waals surface area contributed by atoms with Crippen LogP contribution in [0.1, 0.15) is 11.8 Å². The molecule has 2 atom stereocenters. The first-order valence-corrected chi connectivity index (χ1v) is 7.73. The highest BCUT2D eigenvalue weighted by Gasteiger charge is 2.22. The molecule has 0 radical (unpaired) electrons. The Morgan fingerprint density at radius 1 is 1.40 bits per heavy atom. The van der Waals surface area contributed by atoms with Gasteiger partial charge in [0.05, 0.1) is 11.9 Å². The summed E-state index contributed by atoms with van der Waals surface area (Å²) in [7, 11) is 2.03. The lowest BCUT2D eigenvalue weighted by Gasteiger charge is -2.20. The molecule has 1 amide bonds. The first kappa shape index (κ1) is 15.0. The molecule has 1 unspecified atom stereocenters. The van der Waals surface area contributed by atoms with Crippen molar-refractivity contribution in [3.05, 3.63) is 51.7 Å². The standard InChI is InChI=1S/C15H17ClN2OS/c1-11(18(2)10-14-7-4-8-20-14)15(19)17-13-6-3-5-12(16)9-13/h3-9,11H,10H2,1-2H3,(H,17,19)/p+1/t11-/m0/s1. The number of carbonyl (C=O) groups excluding carboxylic acids is 1. The first-order valence-electron chi connectivity index (χ1n) is 6.47. The van der Waals surface area contributed by atoms with E-state index in [1.54, 1.807) is 23.5 Å². The van der Waals surface area contributed by atoms with Crippen LogP contribution < -0.4 is 10.2 Å².